The summed E-state index contributed by atoms with van der Waals surface area (Å²) in [5.41, 5.74) is 2.94. The normalized spacial score (nSPS) is 15.2. The smallest absolute Gasteiger partial charge is 0.0579 e. The highest BCUT2D eigenvalue weighted by Gasteiger charge is 2.18. The van der Waals surface area contributed by atoms with Gasteiger partial charge in [0, 0.05) is 9.58 Å². The molecule has 2 aromatic rings. The van der Waals surface area contributed by atoms with E-state index in [-0.39, 0.29) is 6.04 Å². The van der Waals surface area contributed by atoms with Gasteiger partial charge in [0.15, 0.2) is 0 Å². The Labute approximate surface area is 100 Å². The van der Waals surface area contributed by atoms with E-state index in [9.17, 15) is 0 Å². The highest BCUT2D eigenvalue weighted by Crippen LogP contribution is 2.33. The molecule has 0 saturated heterocycles. The van der Waals surface area contributed by atoms with Crippen molar-refractivity contribution in [2.45, 2.75) is 26.3 Å². The minimum atomic E-state index is 0.266. The second-order valence-electron chi connectivity index (χ2n) is 4.22. The zero-order chi connectivity index (χ0) is 11.5. The highest BCUT2D eigenvalue weighted by atomic mass is 32.1. The maximum atomic E-state index is 5.66. The number of fused-ring (bicyclic) bond motifs is 1. The van der Waals surface area contributed by atoms with Gasteiger partial charge in [-0.1, -0.05) is 38.5 Å². The lowest BCUT2D eigenvalue weighted by Gasteiger charge is -2.20. The van der Waals surface area contributed by atoms with Gasteiger partial charge in [0.2, 0.25) is 0 Å². The van der Waals surface area contributed by atoms with Crippen molar-refractivity contribution in [3.8, 4) is 0 Å². The van der Waals surface area contributed by atoms with Gasteiger partial charge >= 0.3 is 0 Å². The molecule has 2 unspecified atom stereocenters. The van der Waals surface area contributed by atoms with Gasteiger partial charge in [-0.25, -0.2) is 0 Å². The van der Waals surface area contributed by atoms with Crippen molar-refractivity contribution < 1.29 is 0 Å². The van der Waals surface area contributed by atoms with Gasteiger partial charge in [-0.2, -0.15) is 0 Å². The van der Waals surface area contributed by atoms with Crippen LogP contribution in [0.15, 0.2) is 30.3 Å². The van der Waals surface area contributed by atoms with Crippen molar-refractivity contribution in [2.75, 3.05) is 0 Å². The van der Waals surface area contributed by atoms with Crippen LogP contribution in [0.25, 0.3) is 10.1 Å². The minimum absolute atomic E-state index is 0.266. The Hall–Kier alpha value is -0.900. The van der Waals surface area contributed by atoms with Crippen LogP contribution in [0.2, 0.25) is 0 Å². The van der Waals surface area contributed by atoms with Crippen LogP contribution >= 0.6 is 11.3 Å². The third kappa shape index (κ3) is 2.12. The molecule has 2 atom stereocenters. The number of nitrogens with two attached hydrogens (primary N) is 1. The lowest BCUT2D eigenvalue weighted by Crippen LogP contribution is -2.31. The first-order valence-electron chi connectivity index (χ1n) is 5.71. The molecule has 0 radical (unpaired) electrons. The lowest BCUT2D eigenvalue weighted by atomic mass is 9.98. The highest BCUT2D eigenvalue weighted by molar-refractivity contribution is 7.19. The molecular weight excluding hydrogens is 216 g/mol. The monoisotopic (exact) mass is 234 g/mol. The summed E-state index contributed by atoms with van der Waals surface area (Å²) < 4.78 is 1.33. The van der Waals surface area contributed by atoms with Crippen LogP contribution in [0, 0.1) is 5.92 Å². The zero-order valence-electron chi connectivity index (χ0n) is 9.73. The third-order valence-corrected chi connectivity index (χ3v) is 4.34. The minimum Gasteiger partial charge on any atom is -0.271 e. The summed E-state index contributed by atoms with van der Waals surface area (Å²) in [5.74, 6) is 6.21. The van der Waals surface area contributed by atoms with Crippen LogP contribution in [-0.4, -0.2) is 0 Å². The van der Waals surface area contributed by atoms with E-state index in [1.807, 2.05) is 11.3 Å². The Bertz CT molecular complexity index is 431. The Morgan fingerprint density at radius 2 is 2.12 bits per heavy atom. The molecule has 0 amide bonds. The van der Waals surface area contributed by atoms with Crippen LogP contribution in [0.3, 0.4) is 0 Å². The largest absolute Gasteiger partial charge is 0.271 e. The summed E-state index contributed by atoms with van der Waals surface area (Å²) in [7, 11) is 0. The first-order chi connectivity index (χ1) is 7.76. The van der Waals surface area contributed by atoms with E-state index in [1.54, 1.807) is 0 Å². The predicted octanol–water partition coefficient (Wildman–Crippen LogP) is 3.45. The predicted molar refractivity (Wildman–Crippen MR) is 71.3 cm³/mol. The van der Waals surface area contributed by atoms with Crippen LogP contribution in [0.5, 0.6) is 0 Å². The molecule has 0 aliphatic heterocycles. The molecular formula is C13H18N2S. The molecule has 0 saturated carbocycles. The molecule has 16 heavy (non-hydrogen) atoms. The van der Waals surface area contributed by atoms with Gasteiger partial charge in [-0.3, -0.25) is 11.3 Å². The third-order valence-electron chi connectivity index (χ3n) is 3.14. The summed E-state index contributed by atoms with van der Waals surface area (Å²) >= 11 is 1.83. The topological polar surface area (TPSA) is 38.0 Å². The van der Waals surface area contributed by atoms with E-state index in [2.05, 4.69) is 49.6 Å². The molecule has 3 heteroatoms. The molecule has 0 spiro atoms. The molecule has 1 heterocycles. The van der Waals surface area contributed by atoms with E-state index < -0.39 is 0 Å². The van der Waals surface area contributed by atoms with E-state index in [0.29, 0.717) is 5.92 Å². The van der Waals surface area contributed by atoms with Crippen LogP contribution < -0.4 is 11.3 Å². The molecule has 1 aromatic heterocycles. The van der Waals surface area contributed by atoms with Crippen LogP contribution in [0.1, 0.15) is 31.2 Å². The molecule has 1 aromatic carbocycles. The maximum absolute atomic E-state index is 5.66. The molecule has 3 N–H and O–H groups in total. The summed E-state index contributed by atoms with van der Waals surface area (Å²) in [6.45, 7) is 4.43. The van der Waals surface area contributed by atoms with Gasteiger partial charge in [0.1, 0.15) is 0 Å². The molecule has 86 valence electrons. The fourth-order valence-electron chi connectivity index (χ4n) is 1.92. The Kier molecular flexibility index (Phi) is 3.59. The van der Waals surface area contributed by atoms with Gasteiger partial charge < -0.3 is 0 Å². The van der Waals surface area contributed by atoms with Gasteiger partial charge in [0.05, 0.1) is 6.04 Å². The lowest BCUT2D eigenvalue weighted by molar-refractivity contribution is 0.388. The number of rotatable bonds is 4. The number of hydrazine groups is 1. The Morgan fingerprint density at radius 3 is 2.75 bits per heavy atom. The Balaban J connectivity index is 2.37. The van der Waals surface area contributed by atoms with E-state index in [0.717, 1.165) is 6.42 Å². The van der Waals surface area contributed by atoms with Crippen LogP contribution in [-0.2, 0) is 0 Å². The molecule has 0 aliphatic carbocycles. The number of benzene rings is 1. The van der Waals surface area contributed by atoms with Crippen molar-refractivity contribution in [1.29, 1.82) is 0 Å². The second-order valence-corrected chi connectivity index (χ2v) is 5.33. The molecule has 2 nitrogen and oxygen atoms in total. The van der Waals surface area contributed by atoms with E-state index in [4.69, 9.17) is 5.84 Å². The standard InChI is InChI=1S/C13H18N2S/c1-3-9(2)13(15-14)12-8-10-6-4-5-7-11(10)16-12/h4-9,13,15H,3,14H2,1-2H3. The van der Waals surface area contributed by atoms with Gasteiger partial charge in [-0.15, -0.1) is 11.3 Å². The fourth-order valence-corrected chi connectivity index (χ4v) is 3.18. The SMILES string of the molecule is CCC(C)C(NN)c1cc2ccccc2s1. The second kappa shape index (κ2) is 4.95. The number of thiophene rings is 1. The van der Waals surface area contributed by atoms with Crippen LogP contribution in [0.4, 0.5) is 0 Å². The first-order valence-corrected chi connectivity index (χ1v) is 6.52. The van der Waals surface area contributed by atoms with Gasteiger partial charge in [-0.05, 0) is 23.4 Å². The van der Waals surface area contributed by atoms with Gasteiger partial charge in [0.25, 0.3) is 0 Å². The van der Waals surface area contributed by atoms with Crippen molar-refractivity contribution in [2.24, 2.45) is 11.8 Å². The molecule has 0 fully saturated rings. The first kappa shape index (κ1) is 11.6. The fraction of sp³-hybridized carbons (Fsp3) is 0.385. The number of hydrogen-bond donors (Lipinski definition) is 2. The summed E-state index contributed by atoms with van der Waals surface area (Å²) in [6, 6.07) is 11.0. The number of nitrogens with one attached hydrogen (secondary N) is 1. The summed E-state index contributed by atoms with van der Waals surface area (Å²) in [4.78, 5) is 1.33. The zero-order valence-corrected chi connectivity index (χ0v) is 10.6. The van der Waals surface area contributed by atoms with Crippen molar-refractivity contribution in [1.82, 2.24) is 5.43 Å². The molecule has 0 bridgehead atoms. The average Bonchev–Trinajstić information content (AvgIpc) is 2.72. The quantitative estimate of drug-likeness (QED) is 0.628. The maximum Gasteiger partial charge on any atom is 0.0579 e. The number of hydrogen-bond acceptors (Lipinski definition) is 3. The average molecular weight is 234 g/mol. The van der Waals surface area contributed by atoms with E-state index in [1.165, 1.54) is 15.0 Å². The van der Waals surface area contributed by atoms with Crippen molar-refractivity contribution in [3.63, 3.8) is 0 Å². The Morgan fingerprint density at radius 1 is 1.38 bits per heavy atom. The molecule has 2 rings (SSSR count). The summed E-state index contributed by atoms with van der Waals surface area (Å²) in [6.07, 6.45) is 1.13. The summed E-state index contributed by atoms with van der Waals surface area (Å²) in [5, 5.41) is 1.31. The van der Waals surface area contributed by atoms with Crippen molar-refractivity contribution in [3.05, 3.63) is 35.2 Å². The molecule has 0 aliphatic rings. The van der Waals surface area contributed by atoms with E-state index >= 15 is 0 Å². The van der Waals surface area contributed by atoms with Crippen molar-refractivity contribution >= 4 is 21.4 Å².